The summed E-state index contributed by atoms with van der Waals surface area (Å²) >= 11 is 1.82. The Morgan fingerprint density at radius 1 is 1.32 bits per heavy atom. The highest BCUT2D eigenvalue weighted by Gasteiger charge is 2.12. The number of aromatic nitrogens is 2. The summed E-state index contributed by atoms with van der Waals surface area (Å²) in [7, 11) is 0. The zero-order valence-electron chi connectivity index (χ0n) is 11.7. The number of nitrogens with zero attached hydrogens (tertiary/aromatic N) is 2. The average Bonchev–Trinajstić information content (AvgIpc) is 2.69. The minimum absolute atomic E-state index is 0.217. The molecule has 0 saturated heterocycles. The van der Waals surface area contributed by atoms with Crippen molar-refractivity contribution < 1.29 is 4.74 Å². The van der Waals surface area contributed by atoms with Crippen LogP contribution in [-0.2, 0) is 0 Å². The summed E-state index contributed by atoms with van der Waals surface area (Å²) in [5.74, 6) is 1.39. The van der Waals surface area contributed by atoms with E-state index in [-0.39, 0.29) is 6.04 Å². The van der Waals surface area contributed by atoms with E-state index in [4.69, 9.17) is 4.74 Å². The van der Waals surface area contributed by atoms with Crippen LogP contribution < -0.4 is 10.1 Å². The Morgan fingerprint density at radius 3 is 2.74 bits per heavy atom. The zero-order valence-corrected chi connectivity index (χ0v) is 12.5. The molecule has 0 spiro atoms. The lowest BCUT2D eigenvalue weighted by Gasteiger charge is -2.14. The minimum Gasteiger partial charge on any atom is -0.478 e. The van der Waals surface area contributed by atoms with Crippen LogP contribution in [-0.4, -0.2) is 16.6 Å². The third-order valence-electron chi connectivity index (χ3n) is 2.84. The summed E-state index contributed by atoms with van der Waals surface area (Å²) in [5.41, 5.74) is 1.32. The summed E-state index contributed by atoms with van der Waals surface area (Å²) < 4.78 is 5.37. The van der Waals surface area contributed by atoms with E-state index >= 15 is 0 Å². The van der Waals surface area contributed by atoms with Gasteiger partial charge in [-0.05, 0) is 39.3 Å². The largest absolute Gasteiger partial charge is 0.478 e. The van der Waals surface area contributed by atoms with E-state index in [1.807, 2.05) is 24.3 Å². The first-order valence-corrected chi connectivity index (χ1v) is 7.20. The Morgan fingerprint density at radius 2 is 2.11 bits per heavy atom. The average molecular weight is 277 g/mol. The second kappa shape index (κ2) is 6.02. The van der Waals surface area contributed by atoms with Gasteiger partial charge in [-0.3, -0.25) is 0 Å². The predicted octanol–water partition coefficient (Wildman–Crippen LogP) is 3.73. The van der Waals surface area contributed by atoms with Crippen LogP contribution in [0.15, 0.2) is 18.5 Å². The minimum atomic E-state index is 0.217. The van der Waals surface area contributed by atoms with Gasteiger partial charge in [-0.2, -0.15) is 0 Å². The Bertz CT molecular complexity index is 553. The van der Waals surface area contributed by atoms with Gasteiger partial charge in [-0.1, -0.05) is 0 Å². The van der Waals surface area contributed by atoms with Gasteiger partial charge in [0.25, 0.3) is 0 Å². The predicted molar refractivity (Wildman–Crippen MR) is 79.0 cm³/mol. The maximum atomic E-state index is 5.37. The molecule has 0 aromatic carbocycles. The van der Waals surface area contributed by atoms with Gasteiger partial charge in [0.1, 0.15) is 12.1 Å². The molecule has 1 atom stereocenters. The molecule has 5 heteroatoms. The molecular weight excluding hydrogens is 258 g/mol. The van der Waals surface area contributed by atoms with Crippen molar-refractivity contribution in [3.05, 3.63) is 33.8 Å². The van der Waals surface area contributed by atoms with Gasteiger partial charge in [0.2, 0.25) is 5.88 Å². The summed E-state index contributed by atoms with van der Waals surface area (Å²) in [5, 5.41) is 3.39. The van der Waals surface area contributed by atoms with Crippen molar-refractivity contribution in [2.45, 2.75) is 33.7 Å². The Balaban J connectivity index is 2.12. The van der Waals surface area contributed by atoms with Gasteiger partial charge in [-0.25, -0.2) is 9.97 Å². The first-order chi connectivity index (χ1) is 9.10. The normalized spacial score (nSPS) is 12.2. The van der Waals surface area contributed by atoms with Gasteiger partial charge < -0.3 is 10.1 Å². The number of nitrogens with one attached hydrogen (secondary N) is 1. The molecule has 2 rings (SSSR count). The van der Waals surface area contributed by atoms with E-state index in [1.165, 1.54) is 21.6 Å². The number of hydrogen-bond donors (Lipinski definition) is 1. The smallest absolute Gasteiger partial charge is 0.218 e. The van der Waals surface area contributed by atoms with Crippen LogP contribution >= 0.6 is 11.3 Å². The van der Waals surface area contributed by atoms with Crippen molar-refractivity contribution in [3.8, 4) is 5.88 Å². The lowest BCUT2D eigenvalue weighted by molar-refractivity contribution is 0.326. The number of ether oxygens (including phenoxy) is 1. The monoisotopic (exact) mass is 277 g/mol. The molecule has 1 unspecified atom stereocenters. The van der Waals surface area contributed by atoms with Crippen LogP contribution in [0.1, 0.15) is 35.2 Å². The topological polar surface area (TPSA) is 47.0 Å². The molecule has 0 aliphatic heterocycles. The summed E-state index contributed by atoms with van der Waals surface area (Å²) in [6.07, 6.45) is 1.52. The number of aryl methyl sites for hydroxylation is 2. The summed E-state index contributed by atoms with van der Waals surface area (Å²) in [6.45, 7) is 8.96. The molecule has 0 aliphatic carbocycles. The van der Waals surface area contributed by atoms with Gasteiger partial charge in [0.15, 0.2) is 0 Å². The van der Waals surface area contributed by atoms with Crippen LogP contribution in [0.2, 0.25) is 0 Å². The first kappa shape index (κ1) is 13.8. The van der Waals surface area contributed by atoms with Gasteiger partial charge in [-0.15, -0.1) is 11.3 Å². The number of anilines is 1. The van der Waals surface area contributed by atoms with E-state index in [9.17, 15) is 0 Å². The third-order valence-corrected chi connectivity index (χ3v) is 3.83. The SMILES string of the molecule is CCOc1cc(NC(C)c2cc(C)sc2C)ncn1. The lowest BCUT2D eigenvalue weighted by atomic mass is 10.1. The molecule has 0 fully saturated rings. The van der Waals surface area contributed by atoms with Crippen LogP contribution in [0.25, 0.3) is 0 Å². The fraction of sp³-hybridized carbons (Fsp3) is 0.429. The van der Waals surface area contributed by atoms with Crippen molar-refractivity contribution in [1.82, 2.24) is 9.97 Å². The Labute approximate surface area is 117 Å². The third kappa shape index (κ3) is 3.44. The van der Waals surface area contributed by atoms with Gasteiger partial charge >= 0.3 is 0 Å². The van der Waals surface area contributed by atoms with Crippen molar-refractivity contribution >= 4 is 17.2 Å². The highest BCUT2D eigenvalue weighted by molar-refractivity contribution is 7.12. The number of thiophene rings is 1. The highest BCUT2D eigenvalue weighted by Crippen LogP contribution is 2.28. The van der Waals surface area contributed by atoms with E-state index in [0.29, 0.717) is 12.5 Å². The molecule has 19 heavy (non-hydrogen) atoms. The van der Waals surface area contributed by atoms with Crippen LogP contribution in [0.4, 0.5) is 5.82 Å². The first-order valence-electron chi connectivity index (χ1n) is 6.38. The highest BCUT2D eigenvalue weighted by atomic mass is 32.1. The maximum Gasteiger partial charge on any atom is 0.218 e. The quantitative estimate of drug-likeness (QED) is 0.904. The van der Waals surface area contributed by atoms with E-state index < -0.39 is 0 Å². The van der Waals surface area contributed by atoms with Crippen LogP contribution in [0.3, 0.4) is 0 Å². The van der Waals surface area contributed by atoms with Crippen LogP contribution in [0.5, 0.6) is 5.88 Å². The second-order valence-corrected chi connectivity index (χ2v) is 5.87. The molecule has 2 aromatic heterocycles. The fourth-order valence-corrected chi connectivity index (χ4v) is 3.05. The van der Waals surface area contributed by atoms with Gasteiger partial charge in [0.05, 0.1) is 12.6 Å². The van der Waals surface area contributed by atoms with Gasteiger partial charge in [0, 0.05) is 15.8 Å². The molecule has 1 N–H and O–H groups in total. The van der Waals surface area contributed by atoms with Crippen molar-refractivity contribution in [2.75, 3.05) is 11.9 Å². The summed E-state index contributed by atoms with van der Waals surface area (Å²) in [4.78, 5) is 11.0. The Kier molecular flexibility index (Phi) is 4.37. The molecule has 0 bridgehead atoms. The molecule has 0 aliphatic rings. The second-order valence-electron chi connectivity index (χ2n) is 4.41. The van der Waals surface area contributed by atoms with E-state index in [1.54, 1.807) is 0 Å². The Hall–Kier alpha value is -1.62. The molecule has 4 nitrogen and oxygen atoms in total. The molecule has 0 amide bonds. The molecule has 2 aromatic rings. The lowest BCUT2D eigenvalue weighted by Crippen LogP contribution is -2.08. The fourth-order valence-electron chi connectivity index (χ4n) is 2.03. The molecule has 102 valence electrons. The number of hydrogen-bond acceptors (Lipinski definition) is 5. The molecule has 0 radical (unpaired) electrons. The molecule has 2 heterocycles. The molecule has 0 saturated carbocycles. The van der Waals surface area contributed by atoms with E-state index in [0.717, 1.165) is 5.82 Å². The maximum absolute atomic E-state index is 5.37. The summed E-state index contributed by atoms with van der Waals surface area (Å²) in [6, 6.07) is 4.27. The van der Waals surface area contributed by atoms with E-state index in [2.05, 4.69) is 42.1 Å². The standard InChI is InChI=1S/C14H19N3OS/c1-5-18-14-7-13(15-8-16-14)17-10(3)12-6-9(2)19-11(12)4/h6-8,10H,5H2,1-4H3,(H,15,16,17). The van der Waals surface area contributed by atoms with Crippen LogP contribution in [0, 0.1) is 13.8 Å². The van der Waals surface area contributed by atoms with Crippen molar-refractivity contribution in [1.29, 1.82) is 0 Å². The van der Waals surface area contributed by atoms with Crippen molar-refractivity contribution in [3.63, 3.8) is 0 Å². The molecular formula is C14H19N3OS. The number of rotatable bonds is 5. The van der Waals surface area contributed by atoms with Crippen molar-refractivity contribution in [2.24, 2.45) is 0 Å². The zero-order chi connectivity index (χ0) is 13.8.